The number of anilines is 2. The van der Waals surface area contributed by atoms with Crippen LogP contribution < -0.4 is 10.6 Å². The molecule has 1 saturated heterocycles. The summed E-state index contributed by atoms with van der Waals surface area (Å²) in [5.74, 6) is 0.913. The van der Waals surface area contributed by atoms with Gasteiger partial charge in [-0.1, -0.05) is 0 Å². The molecule has 146 valence electrons. The Kier molecular flexibility index (Phi) is 4.35. The molecule has 1 saturated carbocycles. The van der Waals surface area contributed by atoms with Crippen LogP contribution in [0.4, 0.5) is 11.5 Å². The molecule has 29 heavy (non-hydrogen) atoms. The van der Waals surface area contributed by atoms with Crippen LogP contribution in [0.15, 0.2) is 53.4 Å². The van der Waals surface area contributed by atoms with Crippen LogP contribution in [0, 0.1) is 10.8 Å². The molecule has 7 heteroatoms. The van der Waals surface area contributed by atoms with E-state index in [1.807, 2.05) is 30.3 Å². The molecule has 3 aromatic heterocycles. The molecule has 0 atom stereocenters. The molecule has 2 aliphatic rings. The molecule has 5 rings (SSSR count). The van der Waals surface area contributed by atoms with E-state index in [1.165, 1.54) is 19.3 Å². The van der Waals surface area contributed by atoms with E-state index in [1.54, 1.807) is 18.6 Å². The average Bonchev–Trinajstić information content (AvgIpc) is 3.38. The first-order valence-electron chi connectivity index (χ1n) is 9.71. The van der Waals surface area contributed by atoms with Crippen molar-refractivity contribution in [2.24, 2.45) is 5.41 Å². The molecule has 1 aliphatic heterocycles. The number of hydrogen-bond acceptors (Lipinski definition) is 6. The molecule has 1 spiro atoms. The van der Waals surface area contributed by atoms with Gasteiger partial charge in [-0.15, -0.1) is 0 Å². The topological polar surface area (TPSA) is 91.8 Å². The third-order valence-corrected chi connectivity index (χ3v) is 6.56. The van der Waals surface area contributed by atoms with Crippen molar-refractivity contribution in [2.45, 2.75) is 19.3 Å². The van der Waals surface area contributed by atoms with Crippen molar-refractivity contribution in [3.05, 3.63) is 64.7 Å². The first-order valence-corrected chi connectivity index (χ1v) is 10.5. The fourth-order valence-corrected chi connectivity index (χ4v) is 4.46. The molecule has 0 unspecified atom stereocenters. The molecular formula is C22H21BrN6. The van der Waals surface area contributed by atoms with Gasteiger partial charge in [0, 0.05) is 36.6 Å². The number of aromatic nitrogens is 3. The first-order chi connectivity index (χ1) is 14.0. The van der Waals surface area contributed by atoms with E-state index in [-0.39, 0.29) is 0 Å². The van der Waals surface area contributed by atoms with Gasteiger partial charge in [-0.2, -0.15) is 0 Å². The first kappa shape index (κ1) is 18.2. The van der Waals surface area contributed by atoms with Gasteiger partial charge in [0.2, 0.25) is 0 Å². The summed E-state index contributed by atoms with van der Waals surface area (Å²) in [6, 6.07) is 9.48. The Bertz CT molecular complexity index is 1090. The Morgan fingerprint density at radius 2 is 2.03 bits per heavy atom. The highest BCUT2D eigenvalue weighted by atomic mass is 79.9. The molecule has 4 heterocycles. The number of nitrogens with zero attached hydrogens (tertiary/aromatic N) is 4. The van der Waals surface area contributed by atoms with Crippen LogP contribution in [-0.2, 0) is 0 Å². The van der Waals surface area contributed by atoms with Gasteiger partial charge in [0.05, 0.1) is 33.5 Å². The lowest BCUT2D eigenvalue weighted by Crippen LogP contribution is -2.22. The molecule has 1 aliphatic carbocycles. The lowest BCUT2D eigenvalue weighted by molar-refractivity contribution is 0.580. The molecule has 0 radical (unpaired) electrons. The fourth-order valence-electron chi connectivity index (χ4n) is 3.99. The van der Waals surface area contributed by atoms with Crippen LogP contribution in [0.1, 0.15) is 30.5 Å². The van der Waals surface area contributed by atoms with Crippen molar-refractivity contribution in [3.63, 3.8) is 0 Å². The summed E-state index contributed by atoms with van der Waals surface area (Å²) in [4.78, 5) is 15.7. The van der Waals surface area contributed by atoms with E-state index in [0.29, 0.717) is 28.1 Å². The van der Waals surface area contributed by atoms with Gasteiger partial charge >= 0.3 is 0 Å². The molecular weight excluding hydrogens is 428 g/mol. The molecule has 0 bridgehead atoms. The Balaban J connectivity index is 1.49. The predicted octanol–water partition coefficient (Wildman–Crippen LogP) is 4.29. The highest BCUT2D eigenvalue weighted by Crippen LogP contribution is 2.53. The van der Waals surface area contributed by atoms with Crippen LogP contribution in [0.25, 0.3) is 11.3 Å². The van der Waals surface area contributed by atoms with Crippen LogP contribution >= 0.6 is 15.9 Å². The maximum absolute atomic E-state index is 8.78. The third kappa shape index (κ3) is 3.40. The largest absolute Gasteiger partial charge is 0.397 e. The number of nitrogens with two attached hydrogens (primary N) is 1. The summed E-state index contributed by atoms with van der Waals surface area (Å²) in [6.07, 6.45) is 8.95. The van der Waals surface area contributed by atoms with Gasteiger partial charge in [0.15, 0.2) is 0 Å². The van der Waals surface area contributed by atoms with Crippen LogP contribution in [0.2, 0.25) is 0 Å². The number of pyridine rings is 3. The van der Waals surface area contributed by atoms with Gasteiger partial charge < -0.3 is 10.6 Å². The summed E-state index contributed by atoms with van der Waals surface area (Å²) in [5, 5.41) is 8.78. The van der Waals surface area contributed by atoms with E-state index in [0.717, 1.165) is 34.6 Å². The zero-order valence-corrected chi connectivity index (χ0v) is 17.5. The summed E-state index contributed by atoms with van der Waals surface area (Å²) in [7, 11) is 0. The van der Waals surface area contributed by atoms with E-state index in [9.17, 15) is 0 Å². The fraction of sp³-hybridized carbons (Fsp3) is 0.273. The highest BCUT2D eigenvalue weighted by molar-refractivity contribution is 9.10. The van der Waals surface area contributed by atoms with Crippen LogP contribution in [0.3, 0.4) is 0 Å². The zero-order chi connectivity index (χ0) is 20.0. The van der Waals surface area contributed by atoms with Crippen LogP contribution in [0.5, 0.6) is 0 Å². The highest BCUT2D eigenvalue weighted by Gasteiger charge is 2.48. The number of rotatable bonds is 4. The maximum Gasteiger partial charge on any atom is 0.143 e. The zero-order valence-electron chi connectivity index (χ0n) is 15.9. The summed E-state index contributed by atoms with van der Waals surface area (Å²) < 4.78 is 0.963. The van der Waals surface area contributed by atoms with Crippen molar-refractivity contribution in [1.29, 1.82) is 5.41 Å². The molecule has 0 aromatic carbocycles. The molecule has 6 nitrogen and oxygen atoms in total. The maximum atomic E-state index is 8.78. The standard InChI is InChI=1S/C22H21BrN6/c23-16-3-4-18(28-21(16)29-9-7-22(13-29)5-6-22)20(25)15-10-19(27-12-17(15)24)14-2-1-8-26-11-14/h1-4,8,10-12,25H,5-7,9,13,24H2. The van der Waals surface area contributed by atoms with Gasteiger partial charge in [-0.25, -0.2) is 4.98 Å². The monoisotopic (exact) mass is 448 g/mol. The average molecular weight is 449 g/mol. The Hall–Kier alpha value is -2.80. The summed E-state index contributed by atoms with van der Waals surface area (Å²) in [6.45, 7) is 2.07. The van der Waals surface area contributed by atoms with Gasteiger partial charge in [0.1, 0.15) is 5.82 Å². The van der Waals surface area contributed by atoms with Crippen molar-refractivity contribution >= 4 is 33.1 Å². The second-order valence-electron chi connectivity index (χ2n) is 7.95. The summed E-state index contributed by atoms with van der Waals surface area (Å²) >= 11 is 3.64. The number of hydrogen-bond donors (Lipinski definition) is 2. The predicted molar refractivity (Wildman–Crippen MR) is 118 cm³/mol. The second kappa shape index (κ2) is 6.91. The number of nitrogen functional groups attached to an aromatic ring is 1. The summed E-state index contributed by atoms with van der Waals surface area (Å²) in [5.41, 5.74) is 10.3. The van der Waals surface area contributed by atoms with Crippen molar-refractivity contribution in [1.82, 2.24) is 15.0 Å². The minimum absolute atomic E-state index is 0.295. The quantitative estimate of drug-likeness (QED) is 0.580. The van der Waals surface area contributed by atoms with Crippen molar-refractivity contribution in [3.8, 4) is 11.3 Å². The lowest BCUT2D eigenvalue weighted by atomic mass is 10.0. The minimum atomic E-state index is 0.295. The minimum Gasteiger partial charge on any atom is -0.397 e. The Labute approximate surface area is 177 Å². The smallest absolute Gasteiger partial charge is 0.143 e. The van der Waals surface area contributed by atoms with Crippen LogP contribution in [-0.4, -0.2) is 33.8 Å². The van der Waals surface area contributed by atoms with E-state index in [2.05, 4.69) is 30.8 Å². The lowest BCUT2D eigenvalue weighted by Gasteiger charge is -2.20. The third-order valence-electron chi connectivity index (χ3n) is 5.94. The Morgan fingerprint density at radius 1 is 1.17 bits per heavy atom. The van der Waals surface area contributed by atoms with Gasteiger partial charge in [-0.05, 0) is 70.9 Å². The molecule has 3 aromatic rings. The molecule has 2 fully saturated rings. The Morgan fingerprint density at radius 3 is 2.76 bits per heavy atom. The normalized spacial score (nSPS) is 16.9. The second-order valence-corrected chi connectivity index (χ2v) is 8.80. The van der Waals surface area contributed by atoms with E-state index >= 15 is 0 Å². The SMILES string of the molecule is N=C(c1ccc(Br)c(N2CCC3(CC3)C2)n1)c1cc(-c2cccnc2)ncc1N. The number of halogens is 1. The van der Waals surface area contributed by atoms with E-state index < -0.39 is 0 Å². The van der Waals surface area contributed by atoms with Crippen molar-refractivity contribution in [2.75, 3.05) is 23.7 Å². The van der Waals surface area contributed by atoms with Gasteiger partial charge in [0.25, 0.3) is 0 Å². The van der Waals surface area contributed by atoms with E-state index in [4.69, 9.17) is 16.1 Å². The number of nitrogens with one attached hydrogen (secondary N) is 1. The van der Waals surface area contributed by atoms with Gasteiger partial charge in [-0.3, -0.25) is 15.4 Å². The molecule has 0 amide bonds. The molecule has 3 N–H and O–H groups in total. The van der Waals surface area contributed by atoms with Crippen molar-refractivity contribution < 1.29 is 0 Å².